The second kappa shape index (κ2) is 8.51. The van der Waals surface area contributed by atoms with Crippen LogP contribution in [0.3, 0.4) is 0 Å². The van der Waals surface area contributed by atoms with Crippen LogP contribution in [0.2, 0.25) is 0 Å². The summed E-state index contributed by atoms with van der Waals surface area (Å²) < 4.78 is 11.5. The number of benzene rings is 1. The number of carbonyl (C=O) groups is 2. The molecular weight excluding hydrogens is 418 g/mol. The van der Waals surface area contributed by atoms with Gasteiger partial charge in [-0.3, -0.25) is 0 Å². The van der Waals surface area contributed by atoms with Crippen molar-refractivity contribution < 1.29 is 29.3 Å². The molecule has 0 aliphatic carbocycles. The number of rotatable bonds is 7. The van der Waals surface area contributed by atoms with Gasteiger partial charge in [0.15, 0.2) is 11.5 Å². The topological polar surface area (TPSA) is 105 Å². The zero-order valence-corrected chi connectivity index (χ0v) is 19.3. The first-order chi connectivity index (χ1) is 14.4. The lowest BCUT2D eigenvalue weighted by atomic mass is 9.85. The number of aromatic carboxylic acids is 1. The maximum absolute atomic E-state index is 11.7. The lowest BCUT2D eigenvalue weighted by Crippen LogP contribution is -2.49. The van der Waals surface area contributed by atoms with Gasteiger partial charge in [0.25, 0.3) is 0 Å². The standard InChI is InChI=1S/C23H29NO6S/c1-13-18(29-12-17(25)26)20(21(27)28)31-19(13)14-7-6-8-15(9-14)24-16-10-22(2,3)30-23(4,5)11-16/h6-9,16,24H,10-12H2,1-5H3,(H,25,26)(H,27,28). The normalized spacial score (nSPS) is 17.8. The molecule has 31 heavy (non-hydrogen) atoms. The summed E-state index contributed by atoms with van der Waals surface area (Å²) in [4.78, 5) is 23.3. The van der Waals surface area contributed by atoms with Crippen LogP contribution in [0.1, 0.15) is 55.8 Å². The molecule has 168 valence electrons. The van der Waals surface area contributed by atoms with Crippen molar-refractivity contribution in [2.45, 2.75) is 64.7 Å². The Hall–Kier alpha value is -2.58. The van der Waals surface area contributed by atoms with Crippen molar-refractivity contribution in [1.82, 2.24) is 0 Å². The fourth-order valence-corrected chi connectivity index (χ4v) is 5.49. The second-order valence-electron chi connectivity index (χ2n) is 9.15. The molecule has 0 atom stereocenters. The van der Waals surface area contributed by atoms with Gasteiger partial charge in [0.2, 0.25) is 0 Å². The van der Waals surface area contributed by atoms with E-state index in [0.29, 0.717) is 5.56 Å². The molecular formula is C23H29NO6S. The van der Waals surface area contributed by atoms with Crippen LogP contribution in [0.5, 0.6) is 5.75 Å². The number of aliphatic carboxylic acids is 1. The van der Waals surface area contributed by atoms with Crippen LogP contribution < -0.4 is 10.1 Å². The molecule has 0 unspecified atom stereocenters. The lowest BCUT2D eigenvalue weighted by Gasteiger charge is -2.45. The van der Waals surface area contributed by atoms with Gasteiger partial charge in [0, 0.05) is 22.2 Å². The molecule has 0 radical (unpaired) electrons. The molecule has 8 heteroatoms. The number of carboxylic acids is 2. The minimum atomic E-state index is -1.16. The zero-order valence-electron chi connectivity index (χ0n) is 18.4. The minimum Gasteiger partial charge on any atom is -0.480 e. The van der Waals surface area contributed by atoms with E-state index in [4.69, 9.17) is 14.6 Å². The number of nitrogens with one attached hydrogen (secondary N) is 1. The van der Waals surface area contributed by atoms with E-state index in [0.717, 1.165) is 40.3 Å². The molecule has 1 aromatic carbocycles. The number of hydrogen-bond donors (Lipinski definition) is 3. The Labute approximate surface area is 186 Å². The summed E-state index contributed by atoms with van der Waals surface area (Å²) in [5.41, 5.74) is 1.95. The van der Waals surface area contributed by atoms with E-state index in [-0.39, 0.29) is 27.9 Å². The summed E-state index contributed by atoms with van der Waals surface area (Å²) in [5.74, 6) is -2.18. The van der Waals surface area contributed by atoms with Crippen LogP contribution in [0.4, 0.5) is 5.69 Å². The molecule has 1 aliphatic rings. The zero-order chi connectivity index (χ0) is 23.0. The number of carboxylic acid groups (broad SMARTS) is 2. The minimum absolute atomic E-state index is 0.0000377. The van der Waals surface area contributed by atoms with Crippen molar-refractivity contribution in [2.24, 2.45) is 0 Å². The predicted octanol–water partition coefficient (Wildman–Crippen LogP) is 5.03. The molecule has 1 saturated heterocycles. The van der Waals surface area contributed by atoms with Gasteiger partial charge in [-0.05, 0) is 65.2 Å². The predicted molar refractivity (Wildman–Crippen MR) is 120 cm³/mol. The van der Waals surface area contributed by atoms with Crippen LogP contribution in [-0.4, -0.2) is 46.0 Å². The Morgan fingerprint density at radius 2 is 1.84 bits per heavy atom. The van der Waals surface area contributed by atoms with Crippen LogP contribution in [0.15, 0.2) is 24.3 Å². The van der Waals surface area contributed by atoms with E-state index in [1.54, 1.807) is 6.92 Å². The highest BCUT2D eigenvalue weighted by atomic mass is 32.1. The van der Waals surface area contributed by atoms with Crippen LogP contribution in [0, 0.1) is 6.92 Å². The first-order valence-electron chi connectivity index (χ1n) is 10.2. The third-order valence-corrected chi connectivity index (χ3v) is 6.46. The molecule has 0 spiro atoms. The smallest absolute Gasteiger partial charge is 0.349 e. The summed E-state index contributed by atoms with van der Waals surface area (Å²) in [5, 5.41) is 22.0. The molecule has 0 amide bonds. The summed E-state index contributed by atoms with van der Waals surface area (Å²) in [6, 6.07) is 8.05. The summed E-state index contributed by atoms with van der Waals surface area (Å²) in [6.07, 6.45) is 1.74. The first-order valence-corrected chi connectivity index (χ1v) is 11.0. The Bertz CT molecular complexity index is 978. The molecule has 0 saturated carbocycles. The quantitative estimate of drug-likeness (QED) is 0.546. The average molecular weight is 448 g/mol. The molecule has 2 heterocycles. The third-order valence-electron chi connectivity index (χ3n) is 5.15. The summed E-state index contributed by atoms with van der Waals surface area (Å²) in [6.45, 7) is 9.55. The van der Waals surface area contributed by atoms with Gasteiger partial charge >= 0.3 is 11.9 Å². The largest absolute Gasteiger partial charge is 0.480 e. The Kier molecular flexibility index (Phi) is 6.34. The van der Waals surface area contributed by atoms with Gasteiger partial charge in [-0.25, -0.2) is 9.59 Å². The van der Waals surface area contributed by atoms with Gasteiger partial charge in [-0.1, -0.05) is 12.1 Å². The van der Waals surface area contributed by atoms with Crippen molar-refractivity contribution in [1.29, 1.82) is 0 Å². The van der Waals surface area contributed by atoms with E-state index >= 15 is 0 Å². The molecule has 1 aromatic heterocycles. The lowest BCUT2D eigenvalue weighted by molar-refractivity contribution is -0.158. The highest BCUT2D eigenvalue weighted by Crippen LogP contribution is 2.42. The number of anilines is 1. The van der Waals surface area contributed by atoms with Crippen molar-refractivity contribution in [3.05, 3.63) is 34.7 Å². The van der Waals surface area contributed by atoms with Crippen LogP contribution in [-0.2, 0) is 9.53 Å². The highest BCUT2D eigenvalue weighted by molar-refractivity contribution is 7.18. The van der Waals surface area contributed by atoms with Crippen molar-refractivity contribution in [3.63, 3.8) is 0 Å². The SMILES string of the molecule is Cc1c(-c2cccc(NC3CC(C)(C)OC(C)(C)C3)c2)sc(C(=O)O)c1OCC(=O)O. The maximum atomic E-state index is 11.7. The van der Waals surface area contributed by atoms with Gasteiger partial charge < -0.3 is 25.0 Å². The monoisotopic (exact) mass is 447 g/mol. The molecule has 3 N–H and O–H groups in total. The van der Waals surface area contributed by atoms with E-state index in [1.165, 1.54) is 0 Å². The third kappa shape index (κ3) is 5.57. The first kappa shape index (κ1) is 23.1. The molecule has 0 bridgehead atoms. The molecule has 7 nitrogen and oxygen atoms in total. The van der Waals surface area contributed by atoms with Gasteiger partial charge in [0.1, 0.15) is 5.75 Å². The van der Waals surface area contributed by atoms with Gasteiger partial charge in [-0.2, -0.15) is 0 Å². The summed E-state index contributed by atoms with van der Waals surface area (Å²) in [7, 11) is 0. The van der Waals surface area contributed by atoms with Crippen molar-refractivity contribution in [2.75, 3.05) is 11.9 Å². The molecule has 2 aromatic rings. The highest BCUT2D eigenvalue weighted by Gasteiger charge is 2.39. The van der Waals surface area contributed by atoms with Crippen LogP contribution in [0.25, 0.3) is 10.4 Å². The van der Waals surface area contributed by atoms with E-state index in [1.807, 2.05) is 24.3 Å². The fourth-order valence-electron chi connectivity index (χ4n) is 4.40. The number of hydrogen-bond acceptors (Lipinski definition) is 6. The Morgan fingerprint density at radius 1 is 1.19 bits per heavy atom. The van der Waals surface area contributed by atoms with E-state index < -0.39 is 18.5 Å². The van der Waals surface area contributed by atoms with Crippen molar-refractivity contribution >= 4 is 29.0 Å². The van der Waals surface area contributed by atoms with E-state index in [2.05, 4.69) is 33.0 Å². The van der Waals surface area contributed by atoms with Gasteiger partial charge in [0.05, 0.1) is 11.2 Å². The Balaban J connectivity index is 1.89. The second-order valence-corrected chi connectivity index (χ2v) is 10.2. The summed E-state index contributed by atoms with van der Waals surface area (Å²) >= 11 is 1.09. The number of thiophene rings is 1. The molecule has 1 aliphatic heterocycles. The van der Waals surface area contributed by atoms with E-state index in [9.17, 15) is 14.7 Å². The number of ether oxygens (including phenoxy) is 2. The fraction of sp³-hybridized carbons (Fsp3) is 0.478. The Morgan fingerprint density at radius 3 is 2.42 bits per heavy atom. The maximum Gasteiger partial charge on any atom is 0.349 e. The molecule has 1 fully saturated rings. The van der Waals surface area contributed by atoms with Gasteiger partial charge in [-0.15, -0.1) is 11.3 Å². The molecule has 3 rings (SSSR count). The van der Waals surface area contributed by atoms with Crippen molar-refractivity contribution in [3.8, 4) is 16.2 Å². The average Bonchev–Trinajstić information content (AvgIpc) is 2.94. The van der Waals surface area contributed by atoms with Crippen LogP contribution >= 0.6 is 11.3 Å².